The molecule has 0 unspecified atom stereocenters. The molecule has 148 valence electrons. The molecule has 3 heterocycles. The zero-order chi connectivity index (χ0) is 19.3. The van der Waals surface area contributed by atoms with Gasteiger partial charge in [-0.25, -0.2) is 4.98 Å². The Morgan fingerprint density at radius 1 is 1.07 bits per heavy atom. The van der Waals surface area contributed by atoms with Crippen molar-refractivity contribution in [2.75, 3.05) is 13.1 Å². The number of aryl methyl sites for hydroxylation is 1. The van der Waals surface area contributed by atoms with E-state index in [2.05, 4.69) is 27.3 Å². The SMILES string of the molecule is O=C(CCCc1ccccc1)N1CCC[C@H]1C(=O)N1CCC[C@H]1c1ncn[nH]1. The molecule has 0 spiro atoms. The molecule has 1 aromatic carbocycles. The van der Waals surface area contributed by atoms with E-state index >= 15 is 0 Å². The third kappa shape index (κ3) is 3.93. The second kappa shape index (κ2) is 8.54. The summed E-state index contributed by atoms with van der Waals surface area (Å²) in [5.74, 6) is 0.902. The maximum absolute atomic E-state index is 13.2. The molecule has 7 nitrogen and oxygen atoms in total. The molecule has 2 saturated heterocycles. The summed E-state index contributed by atoms with van der Waals surface area (Å²) in [6.45, 7) is 1.40. The van der Waals surface area contributed by atoms with Crippen molar-refractivity contribution >= 4 is 11.8 Å². The molecule has 0 aliphatic carbocycles. The Hall–Kier alpha value is -2.70. The Labute approximate surface area is 165 Å². The molecular formula is C21H27N5O2. The van der Waals surface area contributed by atoms with Gasteiger partial charge in [0.2, 0.25) is 11.8 Å². The highest BCUT2D eigenvalue weighted by atomic mass is 16.2. The summed E-state index contributed by atoms with van der Waals surface area (Å²) in [4.78, 5) is 34.0. The molecule has 2 atom stereocenters. The minimum atomic E-state index is -0.326. The maximum Gasteiger partial charge on any atom is 0.245 e. The Morgan fingerprint density at radius 2 is 1.86 bits per heavy atom. The fourth-order valence-electron chi connectivity index (χ4n) is 4.44. The summed E-state index contributed by atoms with van der Waals surface area (Å²) in [6.07, 6.45) is 7.15. The maximum atomic E-state index is 13.2. The summed E-state index contributed by atoms with van der Waals surface area (Å²) >= 11 is 0. The molecule has 7 heteroatoms. The lowest BCUT2D eigenvalue weighted by Gasteiger charge is -2.30. The smallest absolute Gasteiger partial charge is 0.245 e. The number of amides is 2. The predicted molar refractivity (Wildman–Crippen MR) is 104 cm³/mol. The highest BCUT2D eigenvalue weighted by Crippen LogP contribution is 2.32. The van der Waals surface area contributed by atoms with Crippen LogP contribution in [0, 0.1) is 0 Å². The van der Waals surface area contributed by atoms with Gasteiger partial charge in [-0.2, -0.15) is 5.10 Å². The van der Waals surface area contributed by atoms with Crippen LogP contribution in [0.3, 0.4) is 0 Å². The Balaban J connectivity index is 1.36. The first kappa shape index (κ1) is 18.7. The predicted octanol–water partition coefficient (Wildman–Crippen LogP) is 2.48. The second-order valence-corrected chi connectivity index (χ2v) is 7.64. The number of hydrogen-bond donors (Lipinski definition) is 1. The summed E-state index contributed by atoms with van der Waals surface area (Å²) < 4.78 is 0. The monoisotopic (exact) mass is 381 g/mol. The third-order valence-corrected chi connectivity index (χ3v) is 5.84. The lowest BCUT2D eigenvalue weighted by Crippen LogP contribution is -2.47. The van der Waals surface area contributed by atoms with Gasteiger partial charge in [0.25, 0.3) is 0 Å². The molecule has 1 aromatic heterocycles. The number of carbonyl (C=O) groups is 2. The molecular weight excluding hydrogens is 354 g/mol. The lowest BCUT2D eigenvalue weighted by atomic mass is 10.1. The molecule has 0 bridgehead atoms. The molecule has 1 N–H and O–H groups in total. The van der Waals surface area contributed by atoms with Crippen LogP contribution < -0.4 is 0 Å². The molecule has 0 saturated carbocycles. The zero-order valence-corrected chi connectivity index (χ0v) is 16.1. The first-order valence-electron chi connectivity index (χ1n) is 10.2. The Kier molecular flexibility index (Phi) is 5.69. The van der Waals surface area contributed by atoms with Crippen LogP contribution in [0.4, 0.5) is 0 Å². The normalized spacial score (nSPS) is 22.0. The van der Waals surface area contributed by atoms with E-state index in [4.69, 9.17) is 0 Å². The Bertz CT molecular complexity index is 792. The van der Waals surface area contributed by atoms with Gasteiger partial charge in [0, 0.05) is 19.5 Å². The van der Waals surface area contributed by atoms with Crippen LogP contribution >= 0.6 is 0 Å². The summed E-state index contributed by atoms with van der Waals surface area (Å²) in [5.41, 5.74) is 1.25. The van der Waals surface area contributed by atoms with E-state index in [0.29, 0.717) is 13.0 Å². The van der Waals surface area contributed by atoms with Crippen LogP contribution in [0.15, 0.2) is 36.7 Å². The highest BCUT2D eigenvalue weighted by molar-refractivity contribution is 5.88. The van der Waals surface area contributed by atoms with Crippen LogP contribution in [0.2, 0.25) is 0 Å². The van der Waals surface area contributed by atoms with Gasteiger partial charge >= 0.3 is 0 Å². The van der Waals surface area contributed by atoms with E-state index in [-0.39, 0.29) is 23.9 Å². The van der Waals surface area contributed by atoms with E-state index in [1.54, 1.807) is 0 Å². The summed E-state index contributed by atoms with van der Waals surface area (Å²) in [6, 6.07) is 9.84. The number of H-pyrrole nitrogens is 1. The van der Waals surface area contributed by atoms with E-state index in [9.17, 15) is 9.59 Å². The van der Waals surface area contributed by atoms with Crippen molar-refractivity contribution in [2.45, 2.75) is 57.0 Å². The lowest BCUT2D eigenvalue weighted by molar-refractivity contribution is -0.144. The third-order valence-electron chi connectivity index (χ3n) is 5.84. The largest absolute Gasteiger partial charge is 0.331 e. The molecule has 2 fully saturated rings. The van der Waals surface area contributed by atoms with E-state index < -0.39 is 0 Å². The summed E-state index contributed by atoms with van der Waals surface area (Å²) in [7, 11) is 0. The number of hydrogen-bond acceptors (Lipinski definition) is 4. The molecule has 28 heavy (non-hydrogen) atoms. The highest BCUT2D eigenvalue weighted by Gasteiger charge is 2.40. The van der Waals surface area contributed by atoms with Gasteiger partial charge in [-0.15, -0.1) is 0 Å². The zero-order valence-electron chi connectivity index (χ0n) is 16.1. The number of rotatable bonds is 6. The Morgan fingerprint density at radius 3 is 2.64 bits per heavy atom. The van der Waals surface area contributed by atoms with Gasteiger partial charge in [0.05, 0.1) is 6.04 Å². The van der Waals surface area contributed by atoms with Crippen molar-refractivity contribution in [3.05, 3.63) is 48.0 Å². The number of aromatic amines is 1. The molecule has 2 aromatic rings. The van der Waals surface area contributed by atoms with Gasteiger partial charge in [0.1, 0.15) is 18.2 Å². The first-order chi connectivity index (χ1) is 13.7. The average Bonchev–Trinajstić information content (AvgIpc) is 3.49. The van der Waals surface area contributed by atoms with Gasteiger partial charge < -0.3 is 9.80 Å². The quantitative estimate of drug-likeness (QED) is 0.833. The topological polar surface area (TPSA) is 82.2 Å². The number of aromatic nitrogens is 3. The first-order valence-corrected chi connectivity index (χ1v) is 10.2. The average molecular weight is 381 g/mol. The number of benzene rings is 1. The van der Waals surface area contributed by atoms with E-state index in [1.165, 1.54) is 11.9 Å². The van der Waals surface area contributed by atoms with Gasteiger partial charge in [0.15, 0.2) is 0 Å². The minimum Gasteiger partial charge on any atom is -0.331 e. The number of carbonyl (C=O) groups excluding carboxylic acids is 2. The molecule has 2 aliphatic rings. The van der Waals surface area contributed by atoms with Gasteiger partial charge in [-0.3, -0.25) is 14.7 Å². The van der Waals surface area contributed by atoms with Crippen molar-refractivity contribution in [1.82, 2.24) is 25.0 Å². The van der Waals surface area contributed by atoms with Crippen molar-refractivity contribution in [2.24, 2.45) is 0 Å². The number of nitrogens with one attached hydrogen (secondary N) is 1. The molecule has 2 amide bonds. The molecule has 2 aliphatic heterocycles. The van der Waals surface area contributed by atoms with Crippen molar-refractivity contribution < 1.29 is 9.59 Å². The second-order valence-electron chi connectivity index (χ2n) is 7.64. The number of nitrogens with zero attached hydrogens (tertiary/aromatic N) is 4. The summed E-state index contributed by atoms with van der Waals surface area (Å²) in [5, 5.41) is 6.82. The van der Waals surface area contributed by atoms with E-state index in [0.717, 1.165) is 50.9 Å². The van der Waals surface area contributed by atoms with Crippen molar-refractivity contribution in [3.63, 3.8) is 0 Å². The van der Waals surface area contributed by atoms with E-state index in [1.807, 2.05) is 28.0 Å². The van der Waals surface area contributed by atoms with Crippen molar-refractivity contribution in [1.29, 1.82) is 0 Å². The number of likely N-dealkylation sites (tertiary alicyclic amines) is 2. The van der Waals surface area contributed by atoms with Crippen LogP contribution in [0.1, 0.15) is 56.0 Å². The minimum absolute atomic E-state index is 0.0503. The van der Waals surface area contributed by atoms with Crippen molar-refractivity contribution in [3.8, 4) is 0 Å². The van der Waals surface area contributed by atoms with Crippen LogP contribution in [-0.4, -0.2) is 55.9 Å². The van der Waals surface area contributed by atoms with Gasteiger partial charge in [-0.05, 0) is 44.1 Å². The fraction of sp³-hybridized carbons (Fsp3) is 0.524. The molecule has 4 rings (SSSR count). The van der Waals surface area contributed by atoms with Crippen LogP contribution in [-0.2, 0) is 16.0 Å². The van der Waals surface area contributed by atoms with Crippen LogP contribution in [0.5, 0.6) is 0 Å². The van der Waals surface area contributed by atoms with Crippen LogP contribution in [0.25, 0.3) is 0 Å². The van der Waals surface area contributed by atoms with Gasteiger partial charge in [-0.1, -0.05) is 30.3 Å². The molecule has 0 radical (unpaired) electrons. The fourth-order valence-corrected chi connectivity index (χ4v) is 4.44. The standard InChI is InChI=1S/C21H27N5O2/c27-19(12-4-9-16-7-2-1-3-8-16)25-13-6-11-18(25)21(28)26-14-5-10-17(26)20-22-15-23-24-20/h1-3,7-8,15,17-18H,4-6,9-14H2,(H,22,23,24)/t17-,18-/m0/s1.